The largest absolute Gasteiger partial charge is 0.338 e. The minimum atomic E-state index is -0.153. The van der Waals surface area contributed by atoms with Gasteiger partial charge in [0, 0.05) is 19.6 Å². The van der Waals surface area contributed by atoms with E-state index in [-0.39, 0.29) is 5.41 Å². The molecule has 1 saturated heterocycles. The zero-order valence-corrected chi connectivity index (χ0v) is 13.0. The van der Waals surface area contributed by atoms with Gasteiger partial charge >= 0.3 is 0 Å². The predicted molar refractivity (Wildman–Crippen MR) is 85.0 cm³/mol. The molecule has 1 N–H and O–H groups in total. The number of amides is 1. The Bertz CT molecular complexity index is 500. The fraction of sp³-hybridized carbons (Fsp3) is 0.611. The summed E-state index contributed by atoms with van der Waals surface area (Å²) in [6, 6.07) is 8.54. The standard InChI is InChI=1S/C18H26N2O/c1-2-9-18(10-5-11-19-14-18)17(21)20-12-8-15-6-3-4-7-16(15)13-20/h3-4,6-7,19H,2,5,8-14H2,1H3. The molecule has 0 bridgehead atoms. The first kappa shape index (κ1) is 14.6. The molecule has 2 heterocycles. The van der Waals surface area contributed by atoms with Gasteiger partial charge in [-0.25, -0.2) is 0 Å². The molecule has 1 atom stereocenters. The van der Waals surface area contributed by atoms with Crippen molar-refractivity contribution in [2.75, 3.05) is 19.6 Å². The summed E-state index contributed by atoms with van der Waals surface area (Å²) in [5, 5.41) is 3.45. The van der Waals surface area contributed by atoms with E-state index in [9.17, 15) is 4.79 Å². The van der Waals surface area contributed by atoms with E-state index in [0.717, 1.165) is 58.3 Å². The van der Waals surface area contributed by atoms with E-state index in [0.29, 0.717) is 5.91 Å². The van der Waals surface area contributed by atoms with Gasteiger partial charge < -0.3 is 10.2 Å². The second-order valence-electron chi connectivity index (χ2n) is 6.56. The number of hydrogen-bond acceptors (Lipinski definition) is 2. The van der Waals surface area contributed by atoms with Gasteiger partial charge in [0.05, 0.1) is 5.41 Å². The Balaban J connectivity index is 1.78. The second-order valence-corrected chi connectivity index (χ2v) is 6.56. The Morgan fingerprint density at radius 1 is 1.33 bits per heavy atom. The summed E-state index contributed by atoms with van der Waals surface area (Å²) >= 11 is 0. The number of piperidine rings is 1. The second kappa shape index (κ2) is 6.18. The fourth-order valence-corrected chi connectivity index (χ4v) is 3.95. The van der Waals surface area contributed by atoms with Crippen molar-refractivity contribution in [2.45, 2.75) is 45.6 Å². The lowest BCUT2D eigenvalue weighted by molar-refractivity contribution is -0.145. The minimum absolute atomic E-state index is 0.153. The number of carbonyl (C=O) groups excluding carboxylic acids is 1. The Morgan fingerprint density at radius 3 is 2.86 bits per heavy atom. The summed E-state index contributed by atoms with van der Waals surface area (Å²) in [6.45, 7) is 5.77. The highest BCUT2D eigenvalue weighted by molar-refractivity contribution is 5.83. The highest BCUT2D eigenvalue weighted by Crippen LogP contribution is 2.35. The van der Waals surface area contributed by atoms with Crippen LogP contribution in [0.25, 0.3) is 0 Å². The van der Waals surface area contributed by atoms with E-state index in [4.69, 9.17) is 0 Å². The number of hydrogen-bond donors (Lipinski definition) is 1. The number of rotatable bonds is 3. The van der Waals surface area contributed by atoms with Gasteiger partial charge in [0.25, 0.3) is 0 Å². The van der Waals surface area contributed by atoms with Crippen LogP contribution in [0.15, 0.2) is 24.3 Å². The molecule has 0 aromatic heterocycles. The van der Waals surface area contributed by atoms with Gasteiger partial charge in [-0.1, -0.05) is 37.6 Å². The molecule has 1 aromatic rings. The Kier molecular flexibility index (Phi) is 4.29. The molecule has 1 unspecified atom stereocenters. The number of benzene rings is 1. The van der Waals surface area contributed by atoms with E-state index >= 15 is 0 Å². The first-order valence-electron chi connectivity index (χ1n) is 8.32. The van der Waals surface area contributed by atoms with Crippen molar-refractivity contribution in [2.24, 2.45) is 5.41 Å². The molecule has 2 aliphatic heterocycles. The number of nitrogens with zero attached hydrogens (tertiary/aromatic N) is 1. The van der Waals surface area contributed by atoms with Crippen LogP contribution in [-0.2, 0) is 17.8 Å². The van der Waals surface area contributed by atoms with Crippen molar-refractivity contribution in [3.8, 4) is 0 Å². The Labute approximate surface area is 127 Å². The third-order valence-corrected chi connectivity index (χ3v) is 5.07. The lowest BCUT2D eigenvalue weighted by atomic mass is 9.75. The highest BCUT2D eigenvalue weighted by Gasteiger charge is 2.41. The molecule has 0 radical (unpaired) electrons. The van der Waals surface area contributed by atoms with Crippen LogP contribution < -0.4 is 5.32 Å². The average molecular weight is 286 g/mol. The lowest BCUT2D eigenvalue weighted by Crippen LogP contribution is -2.52. The third kappa shape index (κ3) is 2.84. The summed E-state index contributed by atoms with van der Waals surface area (Å²) in [6.07, 6.45) is 5.26. The molecule has 1 amide bonds. The molecule has 3 rings (SSSR count). The van der Waals surface area contributed by atoms with Crippen molar-refractivity contribution in [3.63, 3.8) is 0 Å². The molecule has 2 aliphatic rings. The number of nitrogens with one attached hydrogen (secondary N) is 1. The van der Waals surface area contributed by atoms with Crippen molar-refractivity contribution in [3.05, 3.63) is 35.4 Å². The molecule has 0 aliphatic carbocycles. The smallest absolute Gasteiger partial charge is 0.230 e. The highest BCUT2D eigenvalue weighted by atomic mass is 16.2. The molecule has 1 aromatic carbocycles. The fourth-order valence-electron chi connectivity index (χ4n) is 3.95. The summed E-state index contributed by atoms with van der Waals surface area (Å²) < 4.78 is 0. The van der Waals surface area contributed by atoms with Crippen LogP contribution in [0, 0.1) is 5.41 Å². The normalized spacial score (nSPS) is 25.5. The van der Waals surface area contributed by atoms with Crippen molar-refractivity contribution >= 4 is 5.91 Å². The molecule has 21 heavy (non-hydrogen) atoms. The van der Waals surface area contributed by atoms with Crippen LogP contribution in [-0.4, -0.2) is 30.4 Å². The summed E-state index contributed by atoms with van der Waals surface area (Å²) in [5.41, 5.74) is 2.58. The van der Waals surface area contributed by atoms with E-state index in [1.807, 2.05) is 0 Å². The van der Waals surface area contributed by atoms with Gasteiger partial charge in [-0.15, -0.1) is 0 Å². The first-order chi connectivity index (χ1) is 10.2. The van der Waals surface area contributed by atoms with Crippen LogP contribution in [0.1, 0.15) is 43.7 Å². The molecule has 0 saturated carbocycles. The van der Waals surface area contributed by atoms with Crippen LogP contribution in [0.3, 0.4) is 0 Å². The SMILES string of the molecule is CCCC1(C(=O)N2CCc3ccccc3C2)CCCNC1. The summed E-state index contributed by atoms with van der Waals surface area (Å²) in [4.78, 5) is 15.3. The zero-order chi connectivity index (χ0) is 14.7. The van der Waals surface area contributed by atoms with Crippen molar-refractivity contribution in [1.29, 1.82) is 0 Å². The Hall–Kier alpha value is -1.35. The maximum absolute atomic E-state index is 13.2. The van der Waals surface area contributed by atoms with Crippen LogP contribution in [0.5, 0.6) is 0 Å². The van der Waals surface area contributed by atoms with E-state index in [1.165, 1.54) is 11.1 Å². The van der Waals surface area contributed by atoms with Crippen LogP contribution in [0.2, 0.25) is 0 Å². The molecular weight excluding hydrogens is 260 g/mol. The zero-order valence-electron chi connectivity index (χ0n) is 13.0. The molecule has 114 valence electrons. The van der Waals surface area contributed by atoms with Gasteiger partial charge in [-0.3, -0.25) is 4.79 Å². The van der Waals surface area contributed by atoms with Crippen molar-refractivity contribution in [1.82, 2.24) is 10.2 Å². The average Bonchev–Trinajstić information content (AvgIpc) is 2.55. The molecular formula is C18H26N2O. The molecule has 0 spiro atoms. The maximum atomic E-state index is 13.2. The van der Waals surface area contributed by atoms with E-state index in [1.54, 1.807) is 0 Å². The van der Waals surface area contributed by atoms with Gasteiger partial charge in [0.15, 0.2) is 0 Å². The lowest BCUT2D eigenvalue weighted by Gasteiger charge is -2.41. The quantitative estimate of drug-likeness (QED) is 0.926. The van der Waals surface area contributed by atoms with Crippen LogP contribution in [0.4, 0.5) is 0 Å². The minimum Gasteiger partial charge on any atom is -0.338 e. The van der Waals surface area contributed by atoms with Crippen molar-refractivity contribution < 1.29 is 4.79 Å². The molecule has 1 fully saturated rings. The summed E-state index contributed by atoms with van der Waals surface area (Å²) in [7, 11) is 0. The Morgan fingerprint density at radius 2 is 2.14 bits per heavy atom. The maximum Gasteiger partial charge on any atom is 0.230 e. The van der Waals surface area contributed by atoms with Gasteiger partial charge in [-0.2, -0.15) is 0 Å². The third-order valence-electron chi connectivity index (χ3n) is 5.07. The van der Waals surface area contributed by atoms with Gasteiger partial charge in [-0.05, 0) is 43.4 Å². The topological polar surface area (TPSA) is 32.3 Å². The van der Waals surface area contributed by atoms with E-state index < -0.39 is 0 Å². The number of fused-ring (bicyclic) bond motifs is 1. The molecule has 3 nitrogen and oxygen atoms in total. The number of carbonyl (C=O) groups is 1. The van der Waals surface area contributed by atoms with E-state index in [2.05, 4.69) is 41.4 Å². The first-order valence-corrected chi connectivity index (χ1v) is 8.32. The van der Waals surface area contributed by atoms with Gasteiger partial charge in [0.1, 0.15) is 0 Å². The molecule has 3 heteroatoms. The monoisotopic (exact) mass is 286 g/mol. The predicted octanol–water partition coefficient (Wildman–Crippen LogP) is 2.74. The van der Waals surface area contributed by atoms with Crippen LogP contribution >= 0.6 is 0 Å². The van der Waals surface area contributed by atoms with Gasteiger partial charge in [0.2, 0.25) is 5.91 Å². The summed E-state index contributed by atoms with van der Waals surface area (Å²) in [5.74, 6) is 0.381.